The van der Waals surface area contributed by atoms with Crippen molar-refractivity contribution in [2.24, 2.45) is 0 Å². The van der Waals surface area contributed by atoms with Crippen molar-refractivity contribution < 1.29 is 15.0 Å². The van der Waals surface area contributed by atoms with Gasteiger partial charge < -0.3 is 15.1 Å². The van der Waals surface area contributed by atoms with Gasteiger partial charge in [0.15, 0.2) is 0 Å². The number of carbonyl (C=O) groups is 1. The summed E-state index contributed by atoms with van der Waals surface area (Å²) in [7, 11) is 1.95. The third kappa shape index (κ3) is 3.02. The van der Waals surface area contributed by atoms with Gasteiger partial charge in [-0.15, -0.1) is 0 Å². The van der Waals surface area contributed by atoms with E-state index in [4.69, 9.17) is 0 Å². The van der Waals surface area contributed by atoms with Crippen LogP contribution in [0.4, 0.5) is 0 Å². The number of aliphatic hydroxyl groups is 2. The van der Waals surface area contributed by atoms with Crippen LogP contribution in [-0.2, 0) is 5.41 Å². The van der Waals surface area contributed by atoms with Crippen molar-refractivity contribution in [3.8, 4) is 0 Å². The summed E-state index contributed by atoms with van der Waals surface area (Å²) in [6.45, 7) is 1.80. The molecule has 2 aliphatic rings. The summed E-state index contributed by atoms with van der Waals surface area (Å²) >= 11 is 0. The zero-order valence-corrected chi connectivity index (χ0v) is 16.2. The second-order valence-electron chi connectivity index (χ2n) is 7.87. The average Bonchev–Trinajstić information content (AvgIpc) is 2.97. The lowest BCUT2D eigenvalue weighted by atomic mass is 9.72. The van der Waals surface area contributed by atoms with Crippen molar-refractivity contribution in [1.82, 2.24) is 14.8 Å². The van der Waals surface area contributed by atoms with E-state index in [0.29, 0.717) is 25.2 Å². The molecule has 0 bridgehead atoms. The van der Waals surface area contributed by atoms with Gasteiger partial charge in [0, 0.05) is 43.0 Å². The highest BCUT2D eigenvalue weighted by atomic mass is 16.3. The molecular formula is C22H27N3O3. The first-order valence-corrected chi connectivity index (χ1v) is 9.86. The number of benzene rings is 1. The molecule has 6 heteroatoms. The van der Waals surface area contributed by atoms with Crippen molar-refractivity contribution in [1.29, 1.82) is 0 Å². The molecular weight excluding hydrogens is 354 g/mol. The van der Waals surface area contributed by atoms with E-state index < -0.39 is 6.10 Å². The van der Waals surface area contributed by atoms with Crippen LogP contribution in [-0.4, -0.2) is 70.3 Å². The van der Waals surface area contributed by atoms with Crippen LogP contribution in [0.3, 0.4) is 0 Å². The summed E-state index contributed by atoms with van der Waals surface area (Å²) < 4.78 is 0. The highest BCUT2D eigenvalue weighted by molar-refractivity contribution is 5.94. The van der Waals surface area contributed by atoms with E-state index in [-0.39, 0.29) is 24.0 Å². The number of nitrogens with zero attached hydrogens (tertiary/aromatic N) is 3. The van der Waals surface area contributed by atoms with Crippen molar-refractivity contribution in [2.45, 2.75) is 30.4 Å². The number of hydrogen-bond donors (Lipinski definition) is 2. The molecule has 1 saturated heterocycles. The monoisotopic (exact) mass is 381 g/mol. The van der Waals surface area contributed by atoms with Crippen LogP contribution in [0.2, 0.25) is 0 Å². The lowest BCUT2D eigenvalue weighted by molar-refractivity contribution is -0.01000. The maximum atomic E-state index is 12.8. The largest absolute Gasteiger partial charge is 0.395 e. The van der Waals surface area contributed by atoms with Crippen LogP contribution < -0.4 is 0 Å². The predicted octanol–water partition coefficient (Wildman–Crippen LogP) is 1.60. The van der Waals surface area contributed by atoms with Gasteiger partial charge in [-0.3, -0.25) is 14.7 Å². The van der Waals surface area contributed by atoms with E-state index in [1.165, 1.54) is 5.56 Å². The molecule has 28 heavy (non-hydrogen) atoms. The normalized spacial score (nSPS) is 23.2. The Balaban J connectivity index is 1.58. The molecule has 2 heterocycles. The van der Waals surface area contributed by atoms with Crippen LogP contribution in [0.1, 0.15) is 40.4 Å². The Morgan fingerprint density at radius 3 is 2.57 bits per heavy atom. The smallest absolute Gasteiger partial charge is 0.253 e. The first-order chi connectivity index (χ1) is 13.6. The standard InChI is InChI=1S/C22H27N3O3/c1-24(14-15-26)19-17-4-2-3-5-18(17)22(20(19)27)8-12-25(13-9-22)21(28)16-6-10-23-11-7-16/h2-7,10-11,19-20,26-27H,8-9,12-15H2,1H3/t19-,20+/m0/s1. The van der Waals surface area contributed by atoms with Gasteiger partial charge in [-0.1, -0.05) is 24.3 Å². The Hall–Kier alpha value is -2.28. The van der Waals surface area contributed by atoms with E-state index in [9.17, 15) is 15.0 Å². The second kappa shape index (κ2) is 7.62. The van der Waals surface area contributed by atoms with Crippen molar-refractivity contribution in [3.05, 3.63) is 65.5 Å². The molecule has 0 unspecified atom stereocenters. The zero-order chi connectivity index (χ0) is 19.7. The molecule has 2 N–H and O–H groups in total. The molecule has 0 radical (unpaired) electrons. The topological polar surface area (TPSA) is 76.9 Å². The predicted molar refractivity (Wildman–Crippen MR) is 106 cm³/mol. The summed E-state index contributed by atoms with van der Waals surface area (Å²) in [5.74, 6) is 0.0203. The Labute approximate surface area is 165 Å². The highest BCUT2D eigenvalue weighted by Crippen LogP contribution is 2.52. The summed E-state index contributed by atoms with van der Waals surface area (Å²) in [4.78, 5) is 20.7. The fourth-order valence-corrected chi connectivity index (χ4v) is 4.97. The molecule has 148 valence electrons. The summed E-state index contributed by atoms with van der Waals surface area (Å²) in [5, 5.41) is 20.8. The van der Waals surface area contributed by atoms with Crippen molar-refractivity contribution in [2.75, 3.05) is 33.3 Å². The minimum Gasteiger partial charge on any atom is -0.395 e. The summed E-state index contributed by atoms with van der Waals surface area (Å²) in [6.07, 6.45) is 4.17. The van der Waals surface area contributed by atoms with Gasteiger partial charge >= 0.3 is 0 Å². The van der Waals surface area contributed by atoms with Gasteiger partial charge in [-0.25, -0.2) is 0 Å². The minimum atomic E-state index is -0.556. The number of aromatic nitrogens is 1. The molecule has 1 fully saturated rings. The second-order valence-corrected chi connectivity index (χ2v) is 7.87. The van der Waals surface area contributed by atoms with E-state index in [1.807, 2.05) is 29.0 Å². The van der Waals surface area contributed by atoms with Crippen LogP contribution >= 0.6 is 0 Å². The van der Waals surface area contributed by atoms with Crippen LogP contribution in [0.15, 0.2) is 48.8 Å². The molecule has 2 aromatic rings. The van der Waals surface area contributed by atoms with Gasteiger partial charge in [-0.05, 0) is 43.1 Å². The lowest BCUT2D eigenvalue weighted by Crippen LogP contribution is -2.51. The Kier molecular flexibility index (Phi) is 5.19. The number of rotatable bonds is 4. The van der Waals surface area contributed by atoms with E-state index in [2.05, 4.69) is 17.1 Å². The number of carbonyl (C=O) groups excluding carboxylic acids is 1. The van der Waals surface area contributed by atoms with Gasteiger partial charge in [-0.2, -0.15) is 0 Å². The Morgan fingerprint density at radius 1 is 1.21 bits per heavy atom. The zero-order valence-electron chi connectivity index (χ0n) is 16.2. The lowest BCUT2D eigenvalue weighted by Gasteiger charge is -2.43. The Morgan fingerprint density at radius 2 is 1.89 bits per heavy atom. The van der Waals surface area contributed by atoms with Gasteiger partial charge in [0.1, 0.15) is 0 Å². The molecule has 1 spiro atoms. The van der Waals surface area contributed by atoms with Crippen molar-refractivity contribution in [3.63, 3.8) is 0 Å². The molecule has 1 amide bonds. The maximum absolute atomic E-state index is 12.8. The molecule has 2 atom stereocenters. The van der Waals surface area contributed by atoms with E-state index in [1.54, 1.807) is 24.5 Å². The fraction of sp³-hybridized carbons (Fsp3) is 0.455. The number of piperidine rings is 1. The third-order valence-electron chi connectivity index (χ3n) is 6.48. The van der Waals surface area contributed by atoms with Crippen LogP contribution in [0.25, 0.3) is 0 Å². The highest BCUT2D eigenvalue weighted by Gasteiger charge is 2.53. The number of likely N-dealkylation sites (tertiary alicyclic amines) is 1. The van der Waals surface area contributed by atoms with E-state index in [0.717, 1.165) is 18.4 Å². The maximum Gasteiger partial charge on any atom is 0.253 e. The number of pyridine rings is 1. The number of aliphatic hydroxyl groups excluding tert-OH is 2. The van der Waals surface area contributed by atoms with Crippen LogP contribution in [0.5, 0.6) is 0 Å². The summed E-state index contributed by atoms with van der Waals surface area (Å²) in [6, 6.07) is 11.6. The quantitative estimate of drug-likeness (QED) is 0.841. The van der Waals surface area contributed by atoms with Gasteiger partial charge in [0.25, 0.3) is 5.91 Å². The molecule has 0 saturated carbocycles. The molecule has 1 aliphatic carbocycles. The molecule has 1 aromatic heterocycles. The van der Waals surface area contributed by atoms with E-state index >= 15 is 0 Å². The molecule has 1 aromatic carbocycles. The van der Waals surface area contributed by atoms with Crippen LogP contribution in [0, 0.1) is 0 Å². The fourth-order valence-electron chi connectivity index (χ4n) is 4.97. The molecule has 4 rings (SSSR count). The molecule has 6 nitrogen and oxygen atoms in total. The Bertz CT molecular complexity index is 834. The number of hydrogen-bond acceptors (Lipinski definition) is 5. The van der Waals surface area contributed by atoms with Gasteiger partial charge in [0.2, 0.25) is 0 Å². The molecule has 1 aliphatic heterocycles. The first kappa shape index (κ1) is 19.1. The minimum absolute atomic E-state index is 0.0203. The number of amides is 1. The summed E-state index contributed by atoms with van der Waals surface area (Å²) in [5.41, 5.74) is 2.63. The number of likely N-dealkylation sites (N-methyl/N-ethyl adjacent to an activating group) is 1. The third-order valence-corrected chi connectivity index (χ3v) is 6.48. The van der Waals surface area contributed by atoms with Gasteiger partial charge in [0.05, 0.1) is 18.8 Å². The average molecular weight is 381 g/mol. The number of fused-ring (bicyclic) bond motifs is 2. The first-order valence-electron chi connectivity index (χ1n) is 9.86. The van der Waals surface area contributed by atoms with Crippen molar-refractivity contribution >= 4 is 5.91 Å². The SMILES string of the molecule is CN(CCO)[C@H]1c2ccccc2C2(CCN(C(=O)c3ccncc3)CC2)[C@@H]1O.